The quantitative estimate of drug-likeness (QED) is 0.845. The molecule has 0 aliphatic carbocycles. The van der Waals surface area contributed by atoms with Gasteiger partial charge in [0, 0.05) is 6.42 Å². The molecule has 1 aromatic carbocycles. The van der Waals surface area contributed by atoms with Gasteiger partial charge in [-0.3, -0.25) is 0 Å². The molecular weight excluding hydrogens is 202 g/mol. The van der Waals surface area contributed by atoms with Gasteiger partial charge in [-0.25, -0.2) is 0 Å². The van der Waals surface area contributed by atoms with Crippen LogP contribution < -0.4 is 5.73 Å². The van der Waals surface area contributed by atoms with E-state index in [0.717, 1.165) is 12.8 Å². The molecule has 2 rings (SSSR count). The van der Waals surface area contributed by atoms with Crippen LogP contribution in [0.3, 0.4) is 0 Å². The molecule has 84 valence electrons. The van der Waals surface area contributed by atoms with E-state index in [-0.39, 0.29) is 0 Å². The van der Waals surface area contributed by atoms with E-state index in [1.165, 1.54) is 11.1 Å². The third-order valence-electron chi connectivity index (χ3n) is 2.39. The Kier molecular flexibility index (Phi) is 3.31. The Bertz CT molecular complexity index is 465. The average Bonchev–Trinajstić information content (AvgIpc) is 2.74. The van der Waals surface area contributed by atoms with Crippen molar-refractivity contribution in [1.82, 2.24) is 10.2 Å². The van der Waals surface area contributed by atoms with Crippen LogP contribution in [0.1, 0.15) is 22.9 Å². The van der Waals surface area contributed by atoms with Crippen LogP contribution in [-0.4, -0.2) is 10.2 Å². The van der Waals surface area contributed by atoms with Crippen molar-refractivity contribution in [2.75, 3.05) is 0 Å². The Morgan fingerprint density at radius 3 is 2.69 bits per heavy atom. The minimum atomic E-state index is 0.303. The number of hydrogen-bond acceptors (Lipinski definition) is 4. The summed E-state index contributed by atoms with van der Waals surface area (Å²) in [5.41, 5.74) is 7.95. The van der Waals surface area contributed by atoms with Crippen molar-refractivity contribution in [1.29, 1.82) is 0 Å². The number of nitrogens with zero attached hydrogens (tertiary/aromatic N) is 2. The van der Waals surface area contributed by atoms with E-state index in [4.69, 9.17) is 10.2 Å². The topological polar surface area (TPSA) is 64.9 Å². The average molecular weight is 217 g/mol. The Morgan fingerprint density at radius 2 is 2.00 bits per heavy atom. The predicted molar refractivity (Wildman–Crippen MR) is 60.8 cm³/mol. The van der Waals surface area contributed by atoms with E-state index in [1.807, 2.05) is 0 Å². The maximum atomic E-state index is 5.39. The van der Waals surface area contributed by atoms with Crippen LogP contribution >= 0.6 is 0 Å². The number of aromatic nitrogens is 2. The van der Waals surface area contributed by atoms with Gasteiger partial charge in [-0.05, 0) is 18.9 Å². The second-order valence-electron chi connectivity index (χ2n) is 3.78. The van der Waals surface area contributed by atoms with Crippen LogP contribution in [0.15, 0.2) is 28.7 Å². The largest absolute Gasteiger partial charge is 0.424 e. The Morgan fingerprint density at radius 1 is 1.19 bits per heavy atom. The lowest BCUT2D eigenvalue weighted by Gasteiger charge is -1.99. The summed E-state index contributed by atoms with van der Waals surface area (Å²) in [5.74, 6) is 1.15. The van der Waals surface area contributed by atoms with Crippen LogP contribution in [-0.2, 0) is 19.4 Å². The molecule has 0 fully saturated rings. The van der Waals surface area contributed by atoms with Crippen molar-refractivity contribution in [2.24, 2.45) is 5.73 Å². The van der Waals surface area contributed by atoms with Crippen LogP contribution in [0.5, 0.6) is 0 Å². The molecule has 0 radical (unpaired) electrons. The summed E-state index contributed by atoms with van der Waals surface area (Å²) in [4.78, 5) is 0. The van der Waals surface area contributed by atoms with Crippen LogP contribution in [0.4, 0.5) is 0 Å². The molecular formula is C12H15N3O. The molecule has 4 nitrogen and oxygen atoms in total. The number of nitrogens with two attached hydrogens (primary N) is 1. The summed E-state index contributed by atoms with van der Waals surface area (Å²) in [7, 11) is 0. The molecule has 0 amide bonds. The van der Waals surface area contributed by atoms with Crippen molar-refractivity contribution in [3.63, 3.8) is 0 Å². The normalized spacial score (nSPS) is 10.6. The molecule has 2 N–H and O–H groups in total. The highest BCUT2D eigenvalue weighted by atomic mass is 16.4. The van der Waals surface area contributed by atoms with Crippen LogP contribution in [0.25, 0.3) is 0 Å². The van der Waals surface area contributed by atoms with Crippen molar-refractivity contribution in [3.05, 3.63) is 47.2 Å². The molecule has 0 saturated heterocycles. The third kappa shape index (κ3) is 2.67. The SMILES string of the molecule is Cc1cccc(CCc2nnc(CN)o2)c1. The molecule has 0 spiro atoms. The summed E-state index contributed by atoms with van der Waals surface area (Å²) in [6, 6.07) is 8.42. The number of rotatable bonds is 4. The maximum Gasteiger partial charge on any atom is 0.230 e. The molecule has 0 aliphatic heterocycles. The van der Waals surface area contributed by atoms with E-state index < -0.39 is 0 Å². The molecule has 4 heteroatoms. The molecule has 2 aromatic rings. The molecule has 0 saturated carbocycles. The first-order chi connectivity index (χ1) is 7.78. The minimum absolute atomic E-state index is 0.303. The number of hydrogen-bond donors (Lipinski definition) is 1. The van der Waals surface area contributed by atoms with E-state index in [2.05, 4.69) is 41.4 Å². The third-order valence-corrected chi connectivity index (χ3v) is 2.39. The zero-order valence-electron chi connectivity index (χ0n) is 9.31. The van der Waals surface area contributed by atoms with E-state index >= 15 is 0 Å². The molecule has 0 unspecified atom stereocenters. The van der Waals surface area contributed by atoms with Gasteiger partial charge in [0.15, 0.2) is 0 Å². The molecule has 16 heavy (non-hydrogen) atoms. The highest BCUT2D eigenvalue weighted by Gasteiger charge is 2.04. The smallest absolute Gasteiger partial charge is 0.230 e. The molecule has 1 heterocycles. The van der Waals surface area contributed by atoms with Gasteiger partial charge < -0.3 is 10.2 Å². The lowest BCUT2D eigenvalue weighted by molar-refractivity contribution is 0.450. The fourth-order valence-corrected chi connectivity index (χ4v) is 1.59. The lowest BCUT2D eigenvalue weighted by Crippen LogP contribution is -1.95. The van der Waals surface area contributed by atoms with Crippen molar-refractivity contribution >= 4 is 0 Å². The minimum Gasteiger partial charge on any atom is -0.424 e. The van der Waals surface area contributed by atoms with Crippen molar-refractivity contribution in [2.45, 2.75) is 26.3 Å². The molecule has 1 aromatic heterocycles. The summed E-state index contributed by atoms with van der Waals surface area (Å²) >= 11 is 0. The number of aryl methyl sites for hydroxylation is 3. The zero-order chi connectivity index (χ0) is 11.4. The highest BCUT2D eigenvalue weighted by Crippen LogP contribution is 2.08. The molecule has 0 aliphatic rings. The lowest BCUT2D eigenvalue weighted by atomic mass is 10.1. The van der Waals surface area contributed by atoms with Gasteiger partial charge in [-0.15, -0.1) is 10.2 Å². The Labute approximate surface area is 94.5 Å². The first-order valence-electron chi connectivity index (χ1n) is 5.35. The first-order valence-corrected chi connectivity index (χ1v) is 5.35. The van der Waals surface area contributed by atoms with E-state index in [9.17, 15) is 0 Å². The van der Waals surface area contributed by atoms with Gasteiger partial charge in [0.2, 0.25) is 11.8 Å². The van der Waals surface area contributed by atoms with E-state index in [0.29, 0.717) is 18.3 Å². The van der Waals surface area contributed by atoms with Gasteiger partial charge in [-0.1, -0.05) is 29.8 Å². The van der Waals surface area contributed by atoms with E-state index in [1.54, 1.807) is 0 Å². The van der Waals surface area contributed by atoms with Crippen LogP contribution in [0, 0.1) is 6.92 Å². The summed E-state index contributed by atoms with van der Waals surface area (Å²) in [6.45, 7) is 2.39. The fraction of sp³-hybridized carbons (Fsp3) is 0.333. The van der Waals surface area contributed by atoms with Gasteiger partial charge in [0.05, 0.1) is 6.54 Å². The number of benzene rings is 1. The van der Waals surface area contributed by atoms with Crippen molar-refractivity contribution in [3.8, 4) is 0 Å². The maximum absolute atomic E-state index is 5.39. The van der Waals surface area contributed by atoms with Crippen LogP contribution in [0.2, 0.25) is 0 Å². The summed E-state index contributed by atoms with van der Waals surface area (Å²) in [5, 5.41) is 7.75. The second-order valence-corrected chi connectivity index (χ2v) is 3.78. The van der Waals surface area contributed by atoms with Gasteiger partial charge in [-0.2, -0.15) is 0 Å². The Balaban J connectivity index is 1.96. The predicted octanol–water partition coefficient (Wildman–Crippen LogP) is 1.62. The Hall–Kier alpha value is -1.68. The van der Waals surface area contributed by atoms with Gasteiger partial charge in [0.1, 0.15) is 0 Å². The standard InChI is InChI=1S/C12H15N3O/c1-9-3-2-4-10(7-9)5-6-11-14-15-12(8-13)16-11/h2-4,7H,5-6,8,13H2,1H3. The van der Waals surface area contributed by atoms with Crippen molar-refractivity contribution < 1.29 is 4.42 Å². The second kappa shape index (κ2) is 4.90. The molecule has 0 bridgehead atoms. The monoisotopic (exact) mass is 217 g/mol. The highest BCUT2D eigenvalue weighted by molar-refractivity contribution is 5.22. The molecule has 0 atom stereocenters. The zero-order valence-corrected chi connectivity index (χ0v) is 9.31. The summed E-state index contributed by atoms with van der Waals surface area (Å²) < 4.78 is 5.34. The summed E-state index contributed by atoms with van der Waals surface area (Å²) in [6.07, 6.45) is 1.67. The first kappa shape index (κ1) is 10.8. The van der Waals surface area contributed by atoms with Gasteiger partial charge in [0.25, 0.3) is 0 Å². The fourth-order valence-electron chi connectivity index (χ4n) is 1.59. The van der Waals surface area contributed by atoms with Gasteiger partial charge >= 0.3 is 0 Å².